The third-order valence-corrected chi connectivity index (χ3v) is 4.77. The van der Waals surface area contributed by atoms with E-state index in [1.54, 1.807) is 0 Å². The van der Waals surface area contributed by atoms with Gasteiger partial charge in [0, 0.05) is 17.8 Å². The predicted octanol–water partition coefficient (Wildman–Crippen LogP) is 3.05. The van der Waals surface area contributed by atoms with E-state index < -0.39 is 0 Å². The van der Waals surface area contributed by atoms with Crippen LogP contribution in [0, 0.1) is 5.41 Å². The zero-order valence-electron chi connectivity index (χ0n) is 9.51. The summed E-state index contributed by atoms with van der Waals surface area (Å²) in [5.41, 5.74) is 0.585. The molecule has 1 nitrogen and oxygen atoms in total. The Morgan fingerprint density at radius 3 is 2.71 bits per heavy atom. The maximum Gasteiger partial charge on any atom is 0.0168 e. The minimum absolute atomic E-state index is 0.585. The van der Waals surface area contributed by atoms with Gasteiger partial charge in [-0.05, 0) is 36.9 Å². The third kappa shape index (κ3) is 2.90. The summed E-state index contributed by atoms with van der Waals surface area (Å²) >= 11 is 2.11. The van der Waals surface area contributed by atoms with Gasteiger partial charge in [0.1, 0.15) is 0 Å². The summed E-state index contributed by atoms with van der Waals surface area (Å²) in [5.74, 6) is 2.71. The lowest BCUT2D eigenvalue weighted by molar-refractivity contribution is 0.191. The van der Waals surface area contributed by atoms with E-state index in [1.165, 1.54) is 43.6 Å². The molecule has 0 bridgehead atoms. The second-order valence-corrected chi connectivity index (χ2v) is 6.83. The van der Waals surface area contributed by atoms with E-state index in [0.29, 0.717) is 5.41 Å². The van der Waals surface area contributed by atoms with E-state index in [9.17, 15) is 0 Å². The molecule has 82 valence electrons. The summed E-state index contributed by atoms with van der Waals surface area (Å²) in [6.07, 6.45) is 7.02. The first-order chi connectivity index (χ1) is 6.66. The SMILES string of the molecule is CC1(C)CCCC(NC2CCSC2)C1. The molecule has 0 aromatic rings. The molecular formula is C12H23NS. The van der Waals surface area contributed by atoms with Gasteiger partial charge < -0.3 is 5.32 Å². The zero-order chi connectivity index (χ0) is 10.0. The zero-order valence-corrected chi connectivity index (χ0v) is 10.3. The Labute approximate surface area is 92.4 Å². The molecule has 0 aromatic carbocycles. The van der Waals surface area contributed by atoms with Gasteiger partial charge in [0.2, 0.25) is 0 Å². The second-order valence-electron chi connectivity index (χ2n) is 5.68. The molecule has 1 saturated carbocycles. The van der Waals surface area contributed by atoms with Gasteiger partial charge in [-0.1, -0.05) is 20.3 Å². The molecular weight excluding hydrogens is 190 g/mol. The largest absolute Gasteiger partial charge is 0.310 e. The molecule has 2 unspecified atom stereocenters. The fourth-order valence-electron chi connectivity index (χ4n) is 2.84. The number of hydrogen-bond donors (Lipinski definition) is 1. The van der Waals surface area contributed by atoms with Crippen LogP contribution in [0.25, 0.3) is 0 Å². The molecule has 0 spiro atoms. The Morgan fingerprint density at radius 2 is 2.07 bits per heavy atom. The monoisotopic (exact) mass is 213 g/mol. The molecule has 1 saturated heterocycles. The highest BCUT2D eigenvalue weighted by molar-refractivity contribution is 7.99. The summed E-state index contributed by atoms with van der Waals surface area (Å²) in [5, 5.41) is 3.85. The first-order valence-electron chi connectivity index (χ1n) is 5.99. The molecule has 0 amide bonds. The van der Waals surface area contributed by atoms with Crippen LogP contribution in [0.15, 0.2) is 0 Å². The lowest BCUT2D eigenvalue weighted by Gasteiger charge is -2.36. The Balaban J connectivity index is 1.79. The first kappa shape index (κ1) is 10.8. The van der Waals surface area contributed by atoms with E-state index in [2.05, 4.69) is 30.9 Å². The molecule has 1 aliphatic carbocycles. The van der Waals surface area contributed by atoms with Crippen molar-refractivity contribution in [2.75, 3.05) is 11.5 Å². The van der Waals surface area contributed by atoms with Gasteiger partial charge in [-0.2, -0.15) is 11.8 Å². The average Bonchev–Trinajstić information content (AvgIpc) is 2.54. The molecule has 2 rings (SSSR count). The second kappa shape index (κ2) is 4.44. The molecule has 2 aliphatic rings. The van der Waals surface area contributed by atoms with Gasteiger partial charge in [0.15, 0.2) is 0 Å². The molecule has 1 N–H and O–H groups in total. The minimum Gasteiger partial charge on any atom is -0.310 e. The van der Waals surface area contributed by atoms with Crippen LogP contribution in [-0.4, -0.2) is 23.6 Å². The molecule has 1 heterocycles. The Morgan fingerprint density at radius 1 is 1.21 bits per heavy atom. The van der Waals surface area contributed by atoms with E-state index in [1.807, 2.05) is 0 Å². The van der Waals surface area contributed by atoms with E-state index in [4.69, 9.17) is 0 Å². The van der Waals surface area contributed by atoms with Crippen molar-refractivity contribution in [3.8, 4) is 0 Å². The van der Waals surface area contributed by atoms with Gasteiger partial charge in [-0.25, -0.2) is 0 Å². The van der Waals surface area contributed by atoms with E-state index in [0.717, 1.165) is 12.1 Å². The highest BCUT2D eigenvalue weighted by Crippen LogP contribution is 2.35. The standard InChI is InChI=1S/C12H23NS/c1-12(2)6-3-4-10(8-12)13-11-5-7-14-9-11/h10-11,13H,3-9H2,1-2H3. The number of hydrogen-bond acceptors (Lipinski definition) is 2. The highest BCUT2D eigenvalue weighted by atomic mass is 32.2. The van der Waals surface area contributed by atoms with Crippen molar-refractivity contribution < 1.29 is 0 Å². The van der Waals surface area contributed by atoms with Crippen molar-refractivity contribution in [1.82, 2.24) is 5.32 Å². The number of nitrogens with one attached hydrogen (secondary N) is 1. The van der Waals surface area contributed by atoms with Crippen LogP contribution in [0.3, 0.4) is 0 Å². The molecule has 2 atom stereocenters. The average molecular weight is 213 g/mol. The highest BCUT2D eigenvalue weighted by Gasteiger charge is 2.29. The summed E-state index contributed by atoms with van der Waals surface area (Å²) < 4.78 is 0. The van der Waals surface area contributed by atoms with Crippen molar-refractivity contribution in [2.24, 2.45) is 5.41 Å². The lowest BCUT2D eigenvalue weighted by Crippen LogP contribution is -2.43. The fourth-order valence-corrected chi connectivity index (χ4v) is 4.00. The van der Waals surface area contributed by atoms with Gasteiger partial charge in [0.25, 0.3) is 0 Å². The van der Waals surface area contributed by atoms with Gasteiger partial charge in [-0.15, -0.1) is 0 Å². The maximum absolute atomic E-state index is 3.85. The maximum atomic E-state index is 3.85. The first-order valence-corrected chi connectivity index (χ1v) is 7.15. The van der Waals surface area contributed by atoms with Crippen LogP contribution >= 0.6 is 11.8 Å². The predicted molar refractivity (Wildman–Crippen MR) is 64.9 cm³/mol. The summed E-state index contributed by atoms with van der Waals surface area (Å²) in [7, 11) is 0. The van der Waals surface area contributed by atoms with Crippen molar-refractivity contribution in [2.45, 2.75) is 58.0 Å². The lowest BCUT2D eigenvalue weighted by atomic mass is 9.75. The fraction of sp³-hybridized carbons (Fsp3) is 1.00. The van der Waals surface area contributed by atoms with Crippen LogP contribution in [0.5, 0.6) is 0 Å². The van der Waals surface area contributed by atoms with Gasteiger partial charge >= 0.3 is 0 Å². The topological polar surface area (TPSA) is 12.0 Å². The number of thioether (sulfide) groups is 1. The molecule has 2 fully saturated rings. The van der Waals surface area contributed by atoms with Gasteiger partial charge in [0.05, 0.1) is 0 Å². The Kier molecular flexibility index (Phi) is 3.43. The van der Waals surface area contributed by atoms with Crippen molar-refractivity contribution >= 4 is 11.8 Å². The summed E-state index contributed by atoms with van der Waals surface area (Å²) in [6.45, 7) is 4.84. The van der Waals surface area contributed by atoms with E-state index in [-0.39, 0.29) is 0 Å². The van der Waals surface area contributed by atoms with Crippen LogP contribution in [-0.2, 0) is 0 Å². The van der Waals surface area contributed by atoms with Crippen LogP contribution in [0.4, 0.5) is 0 Å². The normalized spacial score (nSPS) is 37.3. The summed E-state index contributed by atoms with van der Waals surface area (Å²) in [4.78, 5) is 0. The number of rotatable bonds is 2. The minimum atomic E-state index is 0.585. The molecule has 0 radical (unpaired) electrons. The molecule has 2 heteroatoms. The van der Waals surface area contributed by atoms with E-state index >= 15 is 0 Å². The van der Waals surface area contributed by atoms with Crippen molar-refractivity contribution in [1.29, 1.82) is 0 Å². The quantitative estimate of drug-likeness (QED) is 0.756. The molecule has 14 heavy (non-hydrogen) atoms. The van der Waals surface area contributed by atoms with Crippen molar-refractivity contribution in [3.63, 3.8) is 0 Å². The molecule has 1 aliphatic heterocycles. The van der Waals surface area contributed by atoms with Crippen LogP contribution in [0.2, 0.25) is 0 Å². The Bertz CT molecular complexity index is 185. The van der Waals surface area contributed by atoms with Crippen LogP contribution in [0.1, 0.15) is 46.0 Å². The van der Waals surface area contributed by atoms with Crippen molar-refractivity contribution in [3.05, 3.63) is 0 Å². The smallest absolute Gasteiger partial charge is 0.0168 e. The third-order valence-electron chi connectivity index (χ3n) is 3.61. The molecule has 0 aromatic heterocycles. The van der Waals surface area contributed by atoms with Gasteiger partial charge in [-0.3, -0.25) is 0 Å². The summed E-state index contributed by atoms with van der Waals surface area (Å²) in [6, 6.07) is 1.63. The Hall–Kier alpha value is 0.310. The van der Waals surface area contributed by atoms with Crippen LogP contribution < -0.4 is 5.32 Å².